The highest BCUT2D eigenvalue weighted by atomic mass is 19.1. The second-order valence-corrected chi connectivity index (χ2v) is 9.25. The second kappa shape index (κ2) is 9.44. The molecule has 0 bridgehead atoms. The summed E-state index contributed by atoms with van der Waals surface area (Å²) < 4.78 is 38.7. The predicted octanol–water partition coefficient (Wildman–Crippen LogP) is 4.10. The van der Waals surface area contributed by atoms with Crippen molar-refractivity contribution in [3.8, 4) is 0 Å². The van der Waals surface area contributed by atoms with Gasteiger partial charge in [0.15, 0.2) is 5.76 Å². The number of benzene rings is 2. The van der Waals surface area contributed by atoms with E-state index < -0.39 is 17.2 Å². The van der Waals surface area contributed by atoms with Crippen LogP contribution in [0.1, 0.15) is 47.4 Å². The van der Waals surface area contributed by atoms with Crippen LogP contribution in [0.4, 0.5) is 8.78 Å². The van der Waals surface area contributed by atoms with Gasteiger partial charge in [-0.25, -0.2) is 8.78 Å². The Balaban J connectivity index is 1.24. The van der Waals surface area contributed by atoms with Gasteiger partial charge in [-0.3, -0.25) is 9.69 Å². The molecule has 1 aromatic heterocycles. The highest BCUT2D eigenvalue weighted by molar-refractivity contribution is 5.96. The van der Waals surface area contributed by atoms with Gasteiger partial charge in [-0.15, -0.1) is 0 Å². The van der Waals surface area contributed by atoms with Crippen LogP contribution in [-0.4, -0.2) is 48.3 Å². The molecule has 2 fully saturated rings. The molecule has 180 valence electrons. The molecular weight excluding hydrogens is 442 g/mol. The van der Waals surface area contributed by atoms with E-state index in [0.29, 0.717) is 50.2 Å². The Bertz CT molecular complexity index is 1180. The zero-order chi connectivity index (χ0) is 23.7. The largest absolute Gasteiger partial charge is 0.451 e. The topological polar surface area (TPSA) is 74.9 Å². The minimum atomic E-state index is -1.04. The van der Waals surface area contributed by atoms with E-state index in [2.05, 4.69) is 5.32 Å². The number of nitrogens with one attached hydrogen (secondary N) is 1. The van der Waals surface area contributed by atoms with Crippen LogP contribution in [0.25, 0.3) is 11.0 Å². The summed E-state index contributed by atoms with van der Waals surface area (Å²) in [5.41, 5.74) is 0.609. The predicted molar refractivity (Wildman–Crippen MR) is 122 cm³/mol. The molecule has 2 aromatic carbocycles. The molecule has 2 aliphatic rings. The number of carbonyl (C=O) groups is 1. The first kappa shape index (κ1) is 23.0. The van der Waals surface area contributed by atoms with Gasteiger partial charge >= 0.3 is 0 Å². The number of hydrogen-bond donors (Lipinski definition) is 2. The van der Waals surface area contributed by atoms with Gasteiger partial charge in [-0.2, -0.15) is 0 Å². The fraction of sp³-hybridized carbons (Fsp3) is 0.423. The number of likely N-dealkylation sites (tertiary alicyclic amines) is 1. The van der Waals surface area contributed by atoms with E-state index >= 15 is 0 Å². The summed E-state index contributed by atoms with van der Waals surface area (Å²) in [6, 6.07) is 10.6. The van der Waals surface area contributed by atoms with Gasteiger partial charge < -0.3 is 19.6 Å². The Morgan fingerprint density at radius 2 is 1.97 bits per heavy atom. The first-order valence-corrected chi connectivity index (χ1v) is 11.7. The lowest BCUT2D eigenvalue weighted by atomic mass is 9.84. The van der Waals surface area contributed by atoms with Crippen LogP contribution in [0.5, 0.6) is 0 Å². The average molecular weight is 471 g/mol. The highest BCUT2D eigenvalue weighted by Crippen LogP contribution is 2.35. The van der Waals surface area contributed by atoms with Crippen LogP contribution in [-0.2, 0) is 16.9 Å². The Hall–Kier alpha value is -2.81. The summed E-state index contributed by atoms with van der Waals surface area (Å²) >= 11 is 0. The number of amides is 1. The Labute approximate surface area is 196 Å². The Morgan fingerprint density at radius 3 is 2.74 bits per heavy atom. The first-order chi connectivity index (χ1) is 16.4. The number of nitrogens with zero attached hydrogens (tertiary/aromatic N) is 1. The molecule has 2 N–H and O–H groups in total. The maximum absolute atomic E-state index is 14.0. The van der Waals surface area contributed by atoms with Crippen molar-refractivity contribution in [3.05, 3.63) is 71.0 Å². The lowest BCUT2D eigenvalue weighted by molar-refractivity contribution is -0.0278. The molecule has 0 saturated carbocycles. The standard InChI is InChI=1S/C26H28F2N2O4/c27-20-4-5-22(28)18(13-20)16-30-9-7-26(32,8-10-30)19-3-6-23-17(12-19)14-24(34-23)25(31)29-15-21-2-1-11-33-21/h3-6,12-14,21,32H,1-2,7-11,15-16H2,(H,29,31)/t21-/m0/s1. The molecule has 0 radical (unpaired) electrons. The maximum atomic E-state index is 14.0. The summed E-state index contributed by atoms with van der Waals surface area (Å²) in [4.78, 5) is 14.5. The van der Waals surface area contributed by atoms with Gasteiger partial charge in [-0.05, 0) is 67.6 Å². The SMILES string of the molecule is O=C(NC[C@@H]1CCCO1)c1cc2cc(C3(O)CCN(Cc4cc(F)ccc4F)CC3)ccc2o1. The van der Waals surface area contributed by atoms with Gasteiger partial charge in [0.05, 0.1) is 11.7 Å². The van der Waals surface area contributed by atoms with Crippen LogP contribution in [0, 0.1) is 11.6 Å². The summed E-state index contributed by atoms with van der Waals surface area (Å²) in [6.45, 7) is 2.58. The number of furan rings is 1. The molecule has 2 aliphatic heterocycles. The van der Waals surface area contributed by atoms with Crippen molar-refractivity contribution in [2.75, 3.05) is 26.2 Å². The van der Waals surface area contributed by atoms with Crippen LogP contribution >= 0.6 is 0 Å². The van der Waals surface area contributed by atoms with Crippen LogP contribution < -0.4 is 5.32 Å². The molecule has 3 heterocycles. The highest BCUT2D eigenvalue weighted by Gasteiger charge is 2.34. The van der Waals surface area contributed by atoms with Gasteiger partial charge in [0.25, 0.3) is 5.91 Å². The fourth-order valence-electron chi connectivity index (χ4n) is 4.82. The Kier molecular flexibility index (Phi) is 6.38. The van der Waals surface area contributed by atoms with E-state index in [-0.39, 0.29) is 17.8 Å². The number of hydrogen-bond acceptors (Lipinski definition) is 5. The number of rotatable bonds is 6. The summed E-state index contributed by atoms with van der Waals surface area (Å²) in [5.74, 6) is -0.949. The molecule has 5 rings (SSSR count). The molecular formula is C26H28F2N2O4. The minimum absolute atomic E-state index is 0.0532. The normalized spacial score (nSPS) is 20.6. The second-order valence-electron chi connectivity index (χ2n) is 9.25. The quantitative estimate of drug-likeness (QED) is 0.567. The van der Waals surface area contributed by atoms with Crippen molar-refractivity contribution in [3.63, 3.8) is 0 Å². The van der Waals surface area contributed by atoms with E-state index in [1.54, 1.807) is 12.1 Å². The van der Waals surface area contributed by atoms with Crippen molar-refractivity contribution in [2.24, 2.45) is 0 Å². The number of piperidine rings is 1. The van der Waals surface area contributed by atoms with E-state index in [0.717, 1.165) is 42.5 Å². The Morgan fingerprint density at radius 1 is 1.15 bits per heavy atom. The van der Waals surface area contributed by atoms with Crippen LogP contribution in [0.2, 0.25) is 0 Å². The molecule has 34 heavy (non-hydrogen) atoms. The van der Waals surface area contributed by atoms with Crippen LogP contribution in [0.3, 0.4) is 0 Å². The molecule has 1 atom stereocenters. The summed E-state index contributed by atoms with van der Waals surface area (Å²) in [6.07, 6.45) is 2.93. The van der Waals surface area contributed by atoms with E-state index in [1.165, 1.54) is 6.07 Å². The summed E-state index contributed by atoms with van der Waals surface area (Å²) in [5, 5.41) is 14.9. The van der Waals surface area contributed by atoms with E-state index in [9.17, 15) is 18.7 Å². The van der Waals surface area contributed by atoms with Gasteiger partial charge in [0, 0.05) is 43.7 Å². The van der Waals surface area contributed by atoms with E-state index in [4.69, 9.17) is 9.15 Å². The van der Waals surface area contributed by atoms with Crippen molar-refractivity contribution >= 4 is 16.9 Å². The average Bonchev–Trinajstić information content (AvgIpc) is 3.51. The third-order valence-electron chi connectivity index (χ3n) is 6.88. The van der Waals surface area contributed by atoms with E-state index in [1.807, 2.05) is 17.0 Å². The monoisotopic (exact) mass is 470 g/mol. The van der Waals surface area contributed by atoms with Crippen molar-refractivity contribution in [2.45, 2.75) is 43.9 Å². The third-order valence-corrected chi connectivity index (χ3v) is 6.88. The zero-order valence-corrected chi connectivity index (χ0v) is 18.9. The molecule has 0 spiro atoms. The first-order valence-electron chi connectivity index (χ1n) is 11.7. The number of carbonyl (C=O) groups excluding carboxylic acids is 1. The van der Waals surface area contributed by atoms with Crippen molar-refractivity contribution in [1.82, 2.24) is 10.2 Å². The number of fused-ring (bicyclic) bond motifs is 1. The van der Waals surface area contributed by atoms with Crippen molar-refractivity contribution < 1.29 is 27.8 Å². The fourth-order valence-corrected chi connectivity index (χ4v) is 4.82. The molecule has 0 aliphatic carbocycles. The lowest BCUT2D eigenvalue weighted by Crippen LogP contribution is -2.42. The van der Waals surface area contributed by atoms with Crippen LogP contribution in [0.15, 0.2) is 46.9 Å². The zero-order valence-electron chi connectivity index (χ0n) is 18.9. The van der Waals surface area contributed by atoms with Gasteiger partial charge in [-0.1, -0.05) is 6.07 Å². The number of aliphatic hydroxyl groups is 1. The van der Waals surface area contributed by atoms with Crippen molar-refractivity contribution in [1.29, 1.82) is 0 Å². The molecule has 1 amide bonds. The molecule has 6 nitrogen and oxygen atoms in total. The molecule has 3 aromatic rings. The van der Waals surface area contributed by atoms with Gasteiger partial charge in [0.2, 0.25) is 0 Å². The lowest BCUT2D eigenvalue weighted by Gasteiger charge is -2.38. The minimum Gasteiger partial charge on any atom is -0.451 e. The maximum Gasteiger partial charge on any atom is 0.287 e. The molecule has 2 saturated heterocycles. The molecule has 8 heteroatoms. The summed E-state index contributed by atoms with van der Waals surface area (Å²) in [7, 11) is 0. The van der Waals surface area contributed by atoms with Gasteiger partial charge in [0.1, 0.15) is 17.2 Å². The number of halogens is 2. The molecule has 0 unspecified atom stereocenters. The third kappa shape index (κ3) is 4.85. The number of ether oxygens (including phenoxy) is 1. The smallest absolute Gasteiger partial charge is 0.287 e.